The van der Waals surface area contributed by atoms with E-state index in [1.54, 1.807) is 0 Å². The Morgan fingerprint density at radius 3 is 1.42 bits per heavy atom. The molecule has 0 aliphatic rings. The van der Waals surface area contributed by atoms with Crippen LogP contribution < -0.4 is 0 Å². The van der Waals surface area contributed by atoms with E-state index in [1.807, 2.05) is 0 Å². The summed E-state index contributed by atoms with van der Waals surface area (Å²) in [5, 5.41) is 17.2. The fraction of sp³-hybridized carbons (Fsp3) is 0.647. The third-order valence-corrected chi connectivity index (χ3v) is 2.40. The average Bonchev–Trinajstić information content (AvgIpc) is 2.43. The molecular formula is C17H24O2. The lowest BCUT2D eigenvalue weighted by atomic mass is 10.2. The summed E-state index contributed by atoms with van der Waals surface area (Å²) in [5.74, 6) is 18.1. The van der Waals surface area contributed by atoms with Crippen LogP contribution in [0.15, 0.2) is 0 Å². The molecule has 0 bridgehead atoms. The standard InChI is InChI=1S/C17H24O2/c18-16-14-12-10-8-6-4-2-1-3-5-7-9-11-13-15-17-19/h18-19H,2,5,8,10-17H2. The van der Waals surface area contributed by atoms with E-state index in [-0.39, 0.29) is 13.2 Å². The Morgan fingerprint density at radius 2 is 0.895 bits per heavy atom. The summed E-state index contributed by atoms with van der Waals surface area (Å²) < 4.78 is 0. The van der Waals surface area contributed by atoms with Gasteiger partial charge in [0.1, 0.15) is 0 Å². The molecule has 2 nitrogen and oxygen atoms in total. The quantitative estimate of drug-likeness (QED) is 0.545. The van der Waals surface area contributed by atoms with E-state index < -0.39 is 0 Å². The maximum atomic E-state index is 8.59. The van der Waals surface area contributed by atoms with E-state index in [2.05, 4.69) is 35.5 Å². The molecule has 0 aliphatic heterocycles. The Balaban J connectivity index is 3.41. The maximum absolute atomic E-state index is 8.59. The Hall–Kier alpha value is -1.40. The van der Waals surface area contributed by atoms with Gasteiger partial charge in [0, 0.05) is 26.1 Å². The predicted octanol–water partition coefficient (Wildman–Crippen LogP) is 2.49. The first-order chi connectivity index (χ1) is 9.41. The van der Waals surface area contributed by atoms with Crippen LogP contribution in [0.25, 0.3) is 0 Å². The van der Waals surface area contributed by atoms with Crippen LogP contribution in [0.2, 0.25) is 0 Å². The fourth-order valence-corrected chi connectivity index (χ4v) is 1.34. The first kappa shape index (κ1) is 17.6. The fourth-order valence-electron chi connectivity index (χ4n) is 1.34. The summed E-state index contributed by atoms with van der Waals surface area (Å²) in [4.78, 5) is 0. The Kier molecular flexibility index (Phi) is 15.4. The van der Waals surface area contributed by atoms with Gasteiger partial charge in [0.15, 0.2) is 0 Å². The normalized spacial score (nSPS) is 8.53. The summed E-state index contributed by atoms with van der Waals surface area (Å²) >= 11 is 0. The lowest BCUT2D eigenvalue weighted by molar-refractivity contribution is 0.283. The van der Waals surface area contributed by atoms with Gasteiger partial charge in [0.25, 0.3) is 0 Å². The molecule has 0 aromatic carbocycles. The number of aliphatic hydroxyl groups excluding tert-OH is 2. The Bertz CT molecular complexity index is 365. The largest absolute Gasteiger partial charge is 0.396 e. The van der Waals surface area contributed by atoms with Crippen molar-refractivity contribution in [2.45, 2.75) is 57.8 Å². The topological polar surface area (TPSA) is 40.5 Å². The second-order valence-corrected chi connectivity index (χ2v) is 4.13. The molecule has 0 unspecified atom stereocenters. The second-order valence-electron chi connectivity index (χ2n) is 4.13. The van der Waals surface area contributed by atoms with Gasteiger partial charge in [-0.2, -0.15) is 0 Å². The van der Waals surface area contributed by atoms with Crippen molar-refractivity contribution >= 4 is 0 Å². The van der Waals surface area contributed by atoms with E-state index in [0.717, 1.165) is 44.9 Å². The molecule has 0 aromatic heterocycles. The molecule has 0 fully saturated rings. The molecule has 0 saturated carbocycles. The lowest BCUT2D eigenvalue weighted by Crippen LogP contribution is -1.81. The molecule has 0 aliphatic carbocycles. The van der Waals surface area contributed by atoms with Crippen molar-refractivity contribution in [1.82, 2.24) is 0 Å². The van der Waals surface area contributed by atoms with Crippen molar-refractivity contribution in [3.8, 4) is 35.5 Å². The number of aliphatic hydroxyl groups is 2. The van der Waals surface area contributed by atoms with Crippen LogP contribution in [-0.2, 0) is 0 Å². The highest BCUT2D eigenvalue weighted by atomic mass is 16.3. The highest BCUT2D eigenvalue weighted by Crippen LogP contribution is 1.97. The molecule has 0 amide bonds. The van der Waals surface area contributed by atoms with Gasteiger partial charge in [-0.05, 0) is 25.7 Å². The van der Waals surface area contributed by atoms with E-state index in [0.29, 0.717) is 12.8 Å². The average molecular weight is 260 g/mol. The van der Waals surface area contributed by atoms with Crippen LogP contribution in [0.3, 0.4) is 0 Å². The van der Waals surface area contributed by atoms with Gasteiger partial charge in [0.05, 0.1) is 12.8 Å². The van der Waals surface area contributed by atoms with E-state index in [1.165, 1.54) is 0 Å². The van der Waals surface area contributed by atoms with E-state index in [4.69, 9.17) is 10.2 Å². The minimum absolute atomic E-state index is 0.250. The van der Waals surface area contributed by atoms with Crippen LogP contribution in [0, 0.1) is 35.5 Å². The third kappa shape index (κ3) is 16.6. The monoisotopic (exact) mass is 260 g/mol. The summed E-state index contributed by atoms with van der Waals surface area (Å²) in [6, 6.07) is 0. The van der Waals surface area contributed by atoms with Gasteiger partial charge < -0.3 is 10.2 Å². The molecule has 0 heterocycles. The van der Waals surface area contributed by atoms with Crippen molar-refractivity contribution in [2.75, 3.05) is 13.2 Å². The molecule has 19 heavy (non-hydrogen) atoms. The van der Waals surface area contributed by atoms with E-state index in [9.17, 15) is 0 Å². The maximum Gasteiger partial charge on any atom is 0.0702 e. The lowest BCUT2D eigenvalue weighted by Gasteiger charge is -1.90. The zero-order valence-corrected chi connectivity index (χ0v) is 11.7. The van der Waals surface area contributed by atoms with E-state index >= 15 is 0 Å². The van der Waals surface area contributed by atoms with Crippen molar-refractivity contribution < 1.29 is 10.2 Å². The van der Waals surface area contributed by atoms with Crippen LogP contribution in [0.1, 0.15) is 57.8 Å². The van der Waals surface area contributed by atoms with Crippen LogP contribution in [-0.4, -0.2) is 23.4 Å². The molecular weight excluding hydrogens is 236 g/mol. The highest BCUT2D eigenvalue weighted by Gasteiger charge is 1.83. The van der Waals surface area contributed by atoms with Gasteiger partial charge in [-0.25, -0.2) is 0 Å². The van der Waals surface area contributed by atoms with Gasteiger partial charge in [0.2, 0.25) is 0 Å². The summed E-state index contributed by atoms with van der Waals surface area (Å²) in [5.41, 5.74) is 0. The van der Waals surface area contributed by atoms with Gasteiger partial charge >= 0.3 is 0 Å². The van der Waals surface area contributed by atoms with Crippen molar-refractivity contribution in [1.29, 1.82) is 0 Å². The number of hydrogen-bond donors (Lipinski definition) is 2. The van der Waals surface area contributed by atoms with Crippen LogP contribution >= 0.6 is 0 Å². The zero-order chi connectivity index (χ0) is 14.0. The van der Waals surface area contributed by atoms with Crippen molar-refractivity contribution in [3.63, 3.8) is 0 Å². The number of rotatable bonds is 7. The molecule has 104 valence electrons. The first-order valence-electron chi connectivity index (χ1n) is 7.00. The molecule has 0 rings (SSSR count). The molecule has 0 radical (unpaired) electrons. The summed E-state index contributed by atoms with van der Waals surface area (Å²) in [6.45, 7) is 0.528. The smallest absolute Gasteiger partial charge is 0.0702 e. The minimum atomic E-state index is 0.250. The molecule has 0 saturated heterocycles. The van der Waals surface area contributed by atoms with Gasteiger partial charge in [-0.3, -0.25) is 0 Å². The van der Waals surface area contributed by atoms with Crippen molar-refractivity contribution in [3.05, 3.63) is 0 Å². The predicted molar refractivity (Wildman–Crippen MR) is 79.1 cm³/mol. The SMILES string of the molecule is OCCCCC#CCC#CCC#CCCCCCO. The van der Waals surface area contributed by atoms with Crippen molar-refractivity contribution in [2.24, 2.45) is 0 Å². The molecule has 0 atom stereocenters. The molecule has 2 heteroatoms. The molecule has 0 spiro atoms. The minimum Gasteiger partial charge on any atom is -0.396 e. The Morgan fingerprint density at radius 1 is 0.474 bits per heavy atom. The molecule has 2 N–H and O–H groups in total. The summed E-state index contributed by atoms with van der Waals surface area (Å²) in [6.07, 6.45) is 7.72. The van der Waals surface area contributed by atoms with Crippen LogP contribution in [0.5, 0.6) is 0 Å². The zero-order valence-electron chi connectivity index (χ0n) is 11.7. The van der Waals surface area contributed by atoms with Gasteiger partial charge in [-0.15, -0.1) is 11.8 Å². The number of hydrogen-bond acceptors (Lipinski definition) is 2. The summed E-state index contributed by atoms with van der Waals surface area (Å²) in [7, 11) is 0. The van der Waals surface area contributed by atoms with Gasteiger partial charge in [-0.1, -0.05) is 30.1 Å². The number of unbranched alkanes of at least 4 members (excludes halogenated alkanes) is 5. The first-order valence-corrected chi connectivity index (χ1v) is 7.00. The third-order valence-electron chi connectivity index (χ3n) is 2.40. The molecule has 0 aromatic rings. The Labute approximate surface area is 117 Å². The van der Waals surface area contributed by atoms with Crippen LogP contribution in [0.4, 0.5) is 0 Å². The second kappa shape index (κ2) is 16.6. The highest BCUT2D eigenvalue weighted by molar-refractivity contribution is 5.16.